The second-order valence-electron chi connectivity index (χ2n) is 4.90. The molecule has 3 aromatic rings. The Morgan fingerprint density at radius 1 is 1.21 bits per heavy atom. The molecule has 0 unspecified atom stereocenters. The molecule has 0 aliphatic heterocycles. The predicted molar refractivity (Wildman–Crippen MR) is 90.3 cm³/mol. The molecule has 0 spiro atoms. The molecule has 5 nitrogen and oxygen atoms in total. The number of aromatic nitrogens is 1. The quantitative estimate of drug-likeness (QED) is 0.568. The van der Waals surface area contributed by atoms with Crippen LogP contribution in [0.25, 0.3) is 11.3 Å². The lowest BCUT2D eigenvalue weighted by Crippen LogP contribution is -2.11. The molecule has 2 aromatic carbocycles. The highest BCUT2D eigenvalue weighted by molar-refractivity contribution is 6.31. The monoisotopic (exact) mass is 345 g/mol. The van der Waals surface area contributed by atoms with Gasteiger partial charge in [-0.15, -0.1) is 0 Å². The molecule has 1 aromatic heterocycles. The number of halogens is 2. The normalized spacial score (nSPS) is 11.5. The number of hydrogen-bond donors (Lipinski definition) is 1. The van der Waals surface area contributed by atoms with Gasteiger partial charge in [0.1, 0.15) is 17.3 Å². The molecule has 0 aliphatic carbocycles. The van der Waals surface area contributed by atoms with Crippen LogP contribution in [0.4, 0.5) is 10.1 Å². The molecule has 1 heterocycles. The summed E-state index contributed by atoms with van der Waals surface area (Å²) in [6.07, 6.45) is 0. The third-order valence-corrected chi connectivity index (χ3v) is 3.59. The van der Waals surface area contributed by atoms with Crippen LogP contribution in [-0.2, 0) is 0 Å². The summed E-state index contributed by atoms with van der Waals surface area (Å²) in [7, 11) is 1.60. The molecule has 0 atom stereocenters. The second kappa shape index (κ2) is 6.72. The summed E-state index contributed by atoms with van der Waals surface area (Å²) in [4.78, 5) is 4.16. The van der Waals surface area contributed by atoms with Crippen molar-refractivity contribution in [3.8, 4) is 17.0 Å². The largest absolute Gasteiger partial charge is 0.497 e. The first-order chi connectivity index (χ1) is 11.6. The predicted octanol–water partition coefficient (Wildman–Crippen LogP) is 4.18. The summed E-state index contributed by atoms with van der Waals surface area (Å²) in [5.41, 5.74) is 7.79. The van der Waals surface area contributed by atoms with Gasteiger partial charge >= 0.3 is 0 Å². The van der Waals surface area contributed by atoms with Crippen molar-refractivity contribution in [2.45, 2.75) is 0 Å². The summed E-state index contributed by atoms with van der Waals surface area (Å²) in [5, 5.41) is 3.95. The first kappa shape index (κ1) is 16.0. The fourth-order valence-corrected chi connectivity index (χ4v) is 2.22. The topological polar surface area (TPSA) is 73.6 Å². The maximum absolute atomic E-state index is 13.2. The lowest BCUT2D eigenvalue weighted by Gasteiger charge is -1.99. The maximum Gasteiger partial charge on any atom is 0.202 e. The van der Waals surface area contributed by atoms with E-state index in [0.29, 0.717) is 17.1 Å². The molecular formula is C17H13ClFN3O2. The Morgan fingerprint density at radius 3 is 2.62 bits per heavy atom. The van der Waals surface area contributed by atoms with E-state index < -0.39 is 5.82 Å². The first-order valence-electron chi connectivity index (χ1n) is 6.97. The molecule has 0 fully saturated rings. The fraction of sp³-hybridized carbons (Fsp3) is 0.0588. The van der Waals surface area contributed by atoms with Gasteiger partial charge in [-0.1, -0.05) is 16.8 Å². The average Bonchev–Trinajstić information content (AvgIpc) is 3.08. The van der Waals surface area contributed by atoms with E-state index in [1.54, 1.807) is 13.2 Å². The molecule has 24 heavy (non-hydrogen) atoms. The number of amidine groups is 1. The van der Waals surface area contributed by atoms with Crippen LogP contribution in [0, 0.1) is 5.82 Å². The van der Waals surface area contributed by atoms with Crippen molar-refractivity contribution in [1.29, 1.82) is 0 Å². The van der Waals surface area contributed by atoms with E-state index in [0.717, 1.165) is 11.3 Å². The average molecular weight is 346 g/mol. The van der Waals surface area contributed by atoms with Crippen molar-refractivity contribution in [2.75, 3.05) is 7.11 Å². The van der Waals surface area contributed by atoms with E-state index in [9.17, 15) is 4.39 Å². The Bertz CT molecular complexity index is 891. The van der Waals surface area contributed by atoms with Crippen LogP contribution in [0.2, 0.25) is 5.02 Å². The Balaban J connectivity index is 1.85. The fourth-order valence-electron chi connectivity index (χ4n) is 2.04. The van der Waals surface area contributed by atoms with Crippen LogP contribution in [0.1, 0.15) is 5.76 Å². The van der Waals surface area contributed by atoms with E-state index in [2.05, 4.69) is 10.1 Å². The van der Waals surface area contributed by atoms with Crippen LogP contribution in [0.3, 0.4) is 0 Å². The Morgan fingerprint density at radius 2 is 1.96 bits per heavy atom. The van der Waals surface area contributed by atoms with E-state index in [1.807, 2.05) is 24.3 Å². The van der Waals surface area contributed by atoms with E-state index in [4.69, 9.17) is 26.6 Å². The van der Waals surface area contributed by atoms with E-state index in [1.165, 1.54) is 18.2 Å². The van der Waals surface area contributed by atoms with Gasteiger partial charge in [-0.2, -0.15) is 0 Å². The van der Waals surface area contributed by atoms with Gasteiger partial charge in [0.25, 0.3) is 0 Å². The van der Waals surface area contributed by atoms with Gasteiger partial charge in [0.05, 0.1) is 17.8 Å². The molecular weight excluding hydrogens is 333 g/mol. The number of aliphatic imine (C=N–C) groups is 1. The lowest BCUT2D eigenvalue weighted by atomic mass is 10.1. The van der Waals surface area contributed by atoms with Crippen molar-refractivity contribution < 1.29 is 13.7 Å². The number of nitrogens with two attached hydrogens (primary N) is 1. The van der Waals surface area contributed by atoms with E-state index >= 15 is 0 Å². The minimum absolute atomic E-state index is 0.0273. The summed E-state index contributed by atoms with van der Waals surface area (Å²) in [5.74, 6) is 0.651. The van der Waals surface area contributed by atoms with Gasteiger partial charge in [0.2, 0.25) is 5.76 Å². The molecule has 0 aliphatic rings. The summed E-state index contributed by atoms with van der Waals surface area (Å²) in [6.45, 7) is 0. The van der Waals surface area contributed by atoms with Gasteiger partial charge in [-0.25, -0.2) is 9.38 Å². The molecule has 7 heteroatoms. The molecule has 0 saturated carbocycles. The second-order valence-corrected chi connectivity index (χ2v) is 5.31. The van der Waals surface area contributed by atoms with Crippen LogP contribution >= 0.6 is 11.6 Å². The third kappa shape index (κ3) is 3.38. The molecule has 2 N–H and O–H groups in total. The molecule has 3 rings (SSSR count). The number of nitrogens with zero attached hydrogens (tertiary/aromatic N) is 2. The zero-order valence-corrected chi connectivity index (χ0v) is 13.4. The van der Waals surface area contributed by atoms with Crippen LogP contribution in [-0.4, -0.2) is 18.1 Å². The molecule has 0 saturated heterocycles. The van der Waals surface area contributed by atoms with Crippen molar-refractivity contribution in [3.63, 3.8) is 0 Å². The Kier molecular flexibility index (Phi) is 4.48. The molecule has 0 radical (unpaired) electrons. The number of methoxy groups -OCH3 is 1. The lowest BCUT2D eigenvalue weighted by molar-refractivity contribution is 0.413. The summed E-state index contributed by atoms with van der Waals surface area (Å²) in [6, 6.07) is 13.1. The van der Waals surface area contributed by atoms with Gasteiger partial charge in [0, 0.05) is 11.6 Å². The van der Waals surface area contributed by atoms with Crippen LogP contribution in [0.15, 0.2) is 58.0 Å². The highest BCUT2D eigenvalue weighted by Crippen LogP contribution is 2.24. The van der Waals surface area contributed by atoms with Crippen molar-refractivity contribution in [1.82, 2.24) is 5.16 Å². The first-order valence-corrected chi connectivity index (χ1v) is 7.35. The van der Waals surface area contributed by atoms with E-state index in [-0.39, 0.29) is 10.9 Å². The Hall–Kier alpha value is -2.86. The van der Waals surface area contributed by atoms with Crippen LogP contribution in [0.5, 0.6) is 5.75 Å². The number of rotatable bonds is 4. The summed E-state index contributed by atoms with van der Waals surface area (Å²) >= 11 is 5.72. The molecule has 122 valence electrons. The number of ether oxygens (including phenoxy) is 1. The highest BCUT2D eigenvalue weighted by Gasteiger charge is 2.10. The smallest absolute Gasteiger partial charge is 0.202 e. The highest BCUT2D eigenvalue weighted by atomic mass is 35.5. The number of hydrogen-bond acceptors (Lipinski definition) is 4. The van der Waals surface area contributed by atoms with Gasteiger partial charge in [0.15, 0.2) is 5.84 Å². The summed E-state index contributed by atoms with van der Waals surface area (Å²) < 4.78 is 23.5. The molecule has 0 amide bonds. The van der Waals surface area contributed by atoms with Crippen molar-refractivity contribution >= 4 is 23.1 Å². The van der Waals surface area contributed by atoms with Gasteiger partial charge in [-0.3, -0.25) is 0 Å². The maximum atomic E-state index is 13.2. The van der Waals surface area contributed by atoms with Gasteiger partial charge in [-0.05, 0) is 42.5 Å². The zero-order chi connectivity index (χ0) is 17.1. The minimum Gasteiger partial charge on any atom is -0.497 e. The third-order valence-electron chi connectivity index (χ3n) is 3.30. The number of benzene rings is 2. The van der Waals surface area contributed by atoms with Crippen molar-refractivity contribution in [2.24, 2.45) is 10.7 Å². The minimum atomic E-state index is -0.518. The zero-order valence-electron chi connectivity index (χ0n) is 12.7. The van der Waals surface area contributed by atoms with Crippen molar-refractivity contribution in [3.05, 3.63) is 65.1 Å². The van der Waals surface area contributed by atoms with Gasteiger partial charge < -0.3 is 15.0 Å². The Labute approximate surface area is 142 Å². The van der Waals surface area contributed by atoms with Crippen LogP contribution < -0.4 is 10.5 Å². The SMILES string of the molecule is COc1ccc(-c2cc(C(N)=Nc3ccc(F)c(Cl)c3)on2)cc1. The molecule has 0 bridgehead atoms. The standard InChI is InChI=1S/C17H13ClFN3O2/c1-23-12-5-2-10(3-6-12)15-9-16(24-22-15)17(20)21-11-4-7-14(19)13(18)8-11/h2-9H,1H3,(H2,20,21).